The van der Waals surface area contributed by atoms with Crippen molar-refractivity contribution in [3.63, 3.8) is 0 Å². The molecule has 0 radical (unpaired) electrons. The van der Waals surface area contributed by atoms with Crippen LogP contribution in [0, 0.1) is 12.8 Å². The number of hydrogen-bond donors (Lipinski definition) is 0. The minimum atomic E-state index is 0.888. The number of likely N-dealkylation sites (tertiary alicyclic amines) is 1. The molecule has 0 N–H and O–H groups in total. The molecular formula is C21H31N. The van der Waals surface area contributed by atoms with Crippen LogP contribution in [-0.2, 0) is 6.42 Å². The standard InChI is InChI=1S/C21H31N/c1-4-5-6-10-21-16-20(12-11-19(21)3)9-7-8-14-22-15-13-18(2)17-22/h4,7,9,11-12,16,18H,1,5-6,8,10,13-15,17H2,2-3H3/b9-7+. The molecule has 0 bridgehead atoms. The summed E-state index contributed by atoms with van der Waals surface area (Å²) in [6.45, 7) is 12.2. The van der Waals surface area contributed by atoms with Crippen LogP contribution < -0.4 is 0 Å². The van der Waals surface area contributed by atoms with Crippen LogP contribution in [0.1, 0.15) is 49.3 Å². The fourth-order valence-electron chi connectivity index (χ4n) is 3.21. The summed E-state index contributed by atoms with van der Waals surface area (Å²) >= 11 is 0. The topological polar surface area (TPSA) is 3.24 Å². The summed E-state index contributed by atoms with van der Waals surface area (Å²) in [7, 11) is 0. The van der Waals surface area contributed by atoms with Crippen molar-refractivity contribution in [3.8, 4) is 0 Å². The van der Waals surface area contributed by atoms with Crippen molar-refractivity contribution in [2.75, 3.05) is 19.6 Å². The second-order valence-electron chi connectivity index (χ2n) is 6.75. The molecule has 1 fully saturated rings. The Morgan fingerprint density at radius 3 is 2.91 bits per heavy atom. The molecule has 120 valence electrons. The Bertz CT molecular complexity index is 501. The van der Waals surface area contributed by atoms with Crippen LogP contribution in [-0.4, -0.2) is 24.5 Å². The number of benzene rings is 1. The van der Waals surface area contributed by atoms with Gasteiger partial charge in [-0.15, -0.1) is 6.58 Å². The van der Waals surface area contributed by atoms with Gasteiger partial charge in [0.25, 0.3) is 0 Å². The van der Waals surface area contributed by atoms with Gasteiger partial charge in [0.05, 0.1) is 0 Å². The quantitative estimate of drug-likeness (QED) is 0.468. The molecule has 2 rings (SSSR count). The second-order valence-corrected chi connectivity index (χ2v) is 6.75. The normalized spacial score (nSPS) is 19.1. The summed E-state index contributed by atoms with van der Waals surface area (Å²) in [6, 6.07) is 6.85. The third kappa shape index (κ3) is 5.46. The van der Waals surface area contributed by atoms with Gasteiger partial charge in [-0.05, 0) is 68.2 Å². The zero-order chi connectivity index (χ0) is 15.8. The predicted octanol–water partition coefficient (Wildman–Crippen LogP) is 5.25. The molecule has 0 aliphatic carbocycles. The van der Waals surface area contributed by atoms with Gasteiger partial charge in [0.15, 0.2) is 0 Å². The Morgan fingerprint density at radius 2 is 2.18 bits per heavy atom. The number of nitrogens with zero attached hydrogens (tertiary/aromatic N) is 1. The number of aryl methyl sites for hydroxylation is 2. The van der Waals surface area contributed by atoms with Gasteiger partial charge in [-0.3, -0.25) is 0 Å². The monoisotopic (exact) mass is 297 g/mol. The van der Waals surface area contributed by atoms with Crippen molar-refractivity contribution in [2.45, 2.75) is 46.0 Å². The summed E-state index contributed by atoms with van der Waals surface area (Å²) in [5.74, 6) is 0.888. The van der Waals surface area contributed by atoms with Crippen molar-refractivity contribution in [1.82, 2.24) is 4.90 Å². The van der Waals surface area contributed by atoms with E-state index in [1.165, 1.54) is 49.2 Å². The van der Waals surface area contributed by atoms with Crippen LogP contribution in [0.25, 0.3) is 6.08 Å². The highest BCUT2D eigenvalue weighted by Gasteiger charge is 2.16. The van der Waals surface area contributed by atoms with Crippen LogP contribution in [0.2, 0.25) is 0 Å². The largest absolute Gasteiger partial charge is 0.303 e. The van der Waals surface area contributed by atoms with Crippen LogP contribution in [0.15, 0.2) is 36.9 Å². The SMILES string of the molecule is C=CCCCc1cc(/C=C/CCN2CCC(C)C2)ccc1C. The third-order valence-electron chi connectivity index (χ3n) is 4.66. The Labute approximate surface area is 136 Å². The number of rotatable bonds is 8. The molecule has 0 amide bonds. The maximum Gasteiger partial charge on any atom is 0.00161 e. The first-order valence-corrected chi connectivity index (χ1v) is 8.78. The second kappa shape index (κ2) is 8.95. The van der Waals surface area contributed by atoms with E-state index in [-0.39, 0.29) is 0 Å². The highest BCUT2D eigenvalue weighted by molar-refractivity contribution is 5.51. The van der Waals surface area contributed by atoms with Crippen LogP contribution in [0.3, 0.4) is 0 Å². The molecule has 22 heavy (non-hydrogen) atoms. The number of unbranched alkanes of at least 4 members (excludes halogenated alkanes) is 1. The first-order valence-electron chi connectivity index (χ1n) is 8.78. The van der Waals surface area contributed by atoms with Gasteiger partial charge in [-0.2, -0.15) is 0 Å². The smallest absolute Gasteiger partial charge is 0.00161 e. The van der Waals surface area contributed by atoms with Gasteiger partial charge in [0.1, 0.15) is 0 Å². The minimum Gasteiger partial charge on any atom is -0.303 e. The Kier molecular flexibility index (Phi) is 6.92. The molecule has 1 aromatic rings. The van der Waals surface area contributed by atoms with E-state index in [1.807, 2.05) is 6.08 Å². The van der Waals surface area contributed by atoms with Gasteiger partial charge >= 0.3 is 0 Å². The summed E-state index contributed by atoms with van der Waals surface area (Å²) in [6.07, 6.45) is 12.6. The minimum absolute atomic E-state index is 0.888. The lowest BCUT2D eigenvalue weighted by atomic mass is 10.00. The molecule has 0 spiro atoms. The molecule has 1 saturated heterocycles. The van der Waals surface area contributed by atoms with E-state index in [2.05, 4.69) is 55.7 Å². The molecule has 1 aliphatic heterocycles. The van der Waals surface area contributed by atoms with E-state index < -0.39 is 0 Å². The van der Waals surface area contributed by atoms with Crippen LogP contribution >= 0.6 is 0 Å². The Balaban J connectivity index is 1.82. The lowest BCUT2D eigenvalue weighted by Gasteiger charge is -2.13. The summed E-state index contributed by atoms with van der Waals surface area (Å²) in [5.41, 5.74) is 4.23. The highest BCUT2D eigenvalue weighted by atomic mass is 15.1. The third-order valence-corrected chi connectivity index (χ3v) is 4.66. The summed E-state index contributed by atoms with van der Waals surface area (Å²) in [5, 5.41) is 0. The zero-order valence-corrected chi connectivity index (χ0v) is 14.4. The summed E-state index contributed by atoms with van der Waals surface area (Å²) < 4.78 is 0. The Morgan fingerprint density at radius 1 is 1.32 bits per heavy atom. The first kappa shape index (κ1) is 17.0. The van der Waals surface area contributed by atoms with E-state index in [1.54, 1.807) is 0 Å². The van der Waals surface area contributed by atoms with Gasteiger partial charge in [0.2, 0.25) is 0 Å². The molecule has 0 aromatic heterocycles. The lowest BCUT2D eigenvalue weighted by molar-refractivity contribution is 0.335. The van der Waals surface area contributed by atoms with Crippen LogP contribution in [0.4, 0.5) is 0 Å². The molecule has 0 saturated carbocycles. The Hall–Kier alpha value is -1.34. The molecular weight excluding hydrogens is 266 g/mol. The van der Waals surface area contributed by atoms with Gasteiger partial charge < -0.3 is 4.90 Å². The molecule has 1 aliphatic rings. The van der Waals surface area contributed by atoms with Gasteiger partial charge in [0, 0.05) is 13.1 Å². The molecule has 1 unspecified atom stereocenters. The van der Waals surface area contributed by atoms with Crippen molar-refractivity contribution < 1.29 is 0 Å². The van der Waals surface area contributed by atoms with Crippen molar-refractivity contribution >= 4 is 6.08 Å². The fraction of sp³-hybridized carbons (Fsp3) is 0.524. The van der Waals surface area contributed by atoms with Crippen molar-refractivity contribution in [1.29, 1.82) is 0 Å². The molecule has 1 heteroatoms. The fourth-order valence-corrected chi connectivity index (χ4v) is 3.21. The average Bonchev–Trinajstić information content (AvgIpc) is 2.92. The van der Waals surface area contributed by atoms with Crippen LogP contribution in [0.5, 0.6) is 0 Å². The predicted molar refractivity (Wildman–Crippen MR) is 98.2 cm³/mol. The van der Waals surface area contributed by atoms with E-state index in [0.717, 1.165) is 25.2 Å². The maximum absolute atomic E-state index is 3.80. The van der Waals surface area contributed by atoms with E-state index in [9.17, 15) is 0 Å². The zero-order valence-electron chi connectivity index (χ0n) is 14.4. The average molecular weight is 297 g/mol. The van der Waals surface area contributed by atoms with Crippen molar-refractivity contribution in [3.05, 3.63) is 53.6 Å². The van der Waals surface area contributed by atoms with E-state index >= 15 is 0 Å². The van der Waals surface area contributed by atoms with Gasteiger partial charge in [-0.1, -0.05) is 43.4 Å². The highest BCUT2D eigenvalue weighted by Crippen LogP contribution is 2.17. The van der Waals surface area contributed by atoms with E-state index in [0.29, 0.717) is 0 Å². The van der Waals surface area contributed by atoms with E-state index in [4.69, 9.17) is 0 Å². The maximum atomic E-state index is 3.80. The molecule has 1 aromatic carbocycles. The molecule has 1 heterocycles. The lowest BCUT2D eigenvalue weighted by Crippen LogP contribution is -2.20. The number of allylic oxidation sites excluding steroid dienone is 1. The van der Waals surface area contributed by atoms with Crippen molar-refractivity contribution in [2.24, 2.45) is 5.92 Å². The number of hydrogen-bond acceptors (Lipinski definition) is 1. The van der Waals surface area contributed by atoms with Gasteiger partial charge in [-0.25, -0.2) is 0 Å². The molecule has 1 nitrogen and oxygen atoms in total. The first-order chi connectivity index (χ1) is 10.7. The summed E-state index contributed by atoms with van der Waals surface area (Å²) in [4.78, 5) is 2.59. The molecule has 1 atom stereocenters.